The maximum atomic E-state index is 16.0. The molecule has 3 fully saturated rings. The van der Waals surface area contributed by atoms with E-state index in [2.05, 4.69) is 46.9 Å². The van der Waals surface area contributed by atoms with Crippen LogP contribution in [0.5, 0.6) is 0 Å². The summed E-state index contributed by atoms with van der Waals surface area (Å²) in [6.45, 7) is 4.86. The molecule has 3 saturated heterocycles. The van der Waals surface area contributed by atoms with Crippen LogP contribution in [0, 0.1) is 41.2 Å². The van der Waals surface area contributed by atoms with Crippen LogP contribution in [0.2, 0.25) is 0 Å². The molecule has 2 aromatic carbocycles. The van der Waals surface area contributed by atoms with E-state index in [0.29, 0.717) is 67.5 Å². The number of alkyl carbamates (subject to hydrolysis) is 2. The number of ether oxygens (including phenoxy) is 3. The molecule has 2 aromatic heterocycles. The summed E-state index contributed by atoms with van der Waals surface area (Å²) in [4.78, 5) is 62.2. The van der Waals surface area contributed by atoms with Crippen LogP contribution < -0.4 is 26.3 Å². The number of carbonyl (C=O) groups excluding carboxylic acids is 4. The van der Waals surface area contributed by atoms with Crippen molar-refractivity contribution in [2.45, 2.75) is 109 Å². The van der Waals surface area contributed by atoms with Gasteiger partial charge in [0.05, 0.1) is 43.9 Å². The summed E-state index contributed by atoms with van der Waals surface area (Å²) < 4.78 is 139. The summed E-state index contributed by atoms with van der Waals surface area (Å²) in [7, 11) is 1.83. The van der Waals surface area contributed by atoms with E-state index in [1.165, 1.54) is 19.1 Å². The zero-order valence-corrected chi connectivity index (χ0v) is 43.3. The highest BCUT2D eigenvalue weighted by molar-refractivity contribution is 5.87. The molecule has 4 aromatic rings. The number of aliphatic hydroxyl groups excluding tert-OH is 1. The molecule has 0 aliphatic carbocycles. The Balaban J connectivity index is 1.18. The number of rotatable bonds is 18. The lowest BCUT2D eigenvalue weighted by Gasteiger charge is -2.42. The number of carbonyl (C=O) groups is 4. The van der Waals surface area contributed by atoms with Gasteiger partial charge in [0.2, 0.25) is 17.7 Å². The molecule has 19 nitrogen and oxygen atoms in total. The van der Waals surface area contributed by atoms with Crippen molar-refractivity contribution in [3.8, 4) is 23.3 Å². The minimum absolute atomic E-state index is 0.0414. The lowest BCUT2D eigenvalue weighted by molar-refractivity contribution is -0.239. The topological polar surface area (TPSA) is 226 Å². The maximum Gasteiger partial charge on any atom is 0.407 e. The van der Waals surface area contributed by atoms with E-state index < -0.39 is 108 Å². The van der Waals surface area contributed by atoms with Crippen molar-refractivity contribution in [2.75, 3.05) is 51.9 Å². The summed E-state index contributed by atoms with van der Waals surface area (Å²) in [5.74, 6) is 0.774. The van der Waals surface area contributed by atoms with Crippen molar-refractivity contribution in [3.05, 3.63) is 94.5 Å². The second-order valence-corrected chi connectivity index (χ2v) is 20.3. The van der Waals surface area contributed by atoms with E-state index in [1.54, 1.807) is 18.3 Å². The van der Waals surface area contributed by atoms with E-state index in [9.17, 15) is 50.6 Å². The second-order valence-electron chi connectivity index (χ2n) is 20.3. The molecule has 3 aliphatic heterocycles. The number of aromatic nitrogens is 3. The van der Waals surface area contributed by atoms with E-state index in [1.807, 2.05) is 28.2 Å². The van der Waals surface area contributed by atoms with Gasteiger partial charge in [0.15, 0.2) is 6.10 Å². The molecule has 422 valence electrons. The van der Waals surface area contributed by atoms with Gasteiger partial charge >= 0.3 is 24.5 Å². The molecule has 6 atom stereocenters. The average Bonchev–Trinajstić information content (AvgIpc) is 4.18. The normalized spacial score (nSPS) is 18.5. The van der Waals surface area contributed by atoms with Crippen LogP contribution in [-0.4, -0.2) is 156 Å². The number of pyridine rings is 1. The number of hydrogen-bond acceptors (Lipinski definition) is 15. The molecular weight excluding hydrogens is 1050 g/mol. The fourth-order valence-electron chi connectivity index (χ4n) is 9.10. The average molecular weight is 1110 g/mol. The molecule has 78 heavy (non-hydrogen) atoms. The standard InChI is InChI=1S/C51H58F8N10O9/c1-27-64-65-45(77-27)31-17-36(52)35(37(53)18-31)23-67(66-44(72)42(78-46(73)60-6)49(4,5)51(57,58)59)24-39(70)38(62-43(71)41(63-47(74)75-7)48(2,3)50(54,55)56)16-29-11-8-28(9-12-29)10-13-30-14-15-40(61-20-30)69-22-32-19-33(69)21-68(32)34-25-76-26-34/h8-9,11-12,14-15,17-18,20,32-34,38-39,41-42,70H,16,19,21-26H2,1-7H3,(H,60,73)(H,62,71)(H,63,74)(H,66,72)/t32-,33-,38+,39+,41-,42-/m1/s1. The predicted molar refractivity (Wildman–Crippen MR) is 260 cm³/mol. The number of aliphatic hydroxyl groups is 1. The molecule has 0 saturated carbocycles. The molecule has 27 heteroatoms. The highest BCUT2D eigenvalue weighted by Gasteiger charge is 2.58. The Morgan fingerprint density at radius 3 is 2.01 bits per heavy atom. The summed E-state index contributed by atoms with van der Waals surface area (Å²) in [5.41, 5.74) is -3.83. The molecule has 3 aliphatic rings. The molecular formula is C51H58F8N10O9. The monoisotopic (exact) mass is 1110 g/mol. The van der Waals surface area contributed by atoms with Gasteiger partial charge in [0, 0.05) is 80.7 Å². The van der Waals surface area contributed by atoms with Crippen LogP contribution >= 0.6 is 0 Å². The van der Waals surface area contributed by atoms with Crippen molar-refractivity contribution in [3.63, 3.8) is 0 Å². The molecule has 4 amide bonds. The molecule has 0 spiro atoms. The number of nitrogens with one attached hydrogen (secondary N) is 4. The summed E-state index contributed by atoms with van der Waals surface area (Å²) >= 11 is 0. The number of amides is 4. The third-order valence-corrected chi connectivity index (χ3v) is 14.1. The highest BCUT2D eigenvalue weighted by Crippen LogP contribution is 2.43. The van der Waals surface area contributed by atoms with Gasteiger partial charge in [-0.05, 0) is 82.5 Å². The number of hydrogen-bond donors (Lipinski definition) is 5. The summed E-state index contributed by atoms with van der Waals surface area (Å²) in [6.07, 6.45) is -15.8. The van der Waals surface area contributed by atoms with E-state index in [4.69, 9.17) is 13.9 Å². The lowest BCUT2D eigenvalue weighted by Crippen LogP contribution is -2.62. The van der Waals surface area contributed by atoms with Crippen molar-refractivity contribution in [1.82, 2.24) is 46.5 Å². The van der Waals surface area contributed by atoms with Gasteiger partial charge in [-0.15, -0.1) is 10.2 Å². The van der Waals surface area contributed by atoms with Crippen LogP contribution in [0.25, 0.3) is 11.5 Å². The Bertz CT molecular complexity index is 2850. The minimum atomic E-state index is -5.23. The van der Waals surface area contributed by atoms with Gasteiger partial charge in [0.25, 0.3) is 5.91 Å². The van der Waals surface area contributed by atoms with Crippen LogP contribution in [0.3, 0.4) is 0 Å². The number of fused-ring (bicyclic) bond motifs is 2. The first-order valence-electron chi connectivity index (χ1n) is 24.5. The van der Waals surface area contributed by atoms with E-state index in [-0.39, 0.29) is 17.3 Å². The Morgan fingerprint density at radius 2 is 1.49 bits per heavy atom. The molecule has 7 rings (SSSR count). The van der Waals surface area contributed by atoms with Gasteiger partial charge in [-0.25, -0.2) is 28.4 Å². The molecule has 5 N–H and O–H groups in total. The zero-order chi connectivity index (χ0) is 57.1. The molecule has 5 heterocycles. The molecule has 0 unspecified atom stereocenters. The van der Waals surface area contributed by atoms with Crippen LogP contribution in [0.1, 0.15) is 62.3 Å². The van der Waals surface area contributed by atoms with Crippen molar-refractivity contribution in [2.24, 2.45) is 10.8 Å². The number of alkyl halides is 6. The Kier molecular flexibility index (Phi) is 17.6. The predicted octanol–water partition coefficient (Wildman–Crippen LogP) is 5.33. The second kappa shape index (κ2) is 23.4. The third-order valence-electron chi connectivity index (χ3n) is 14.1. The largest absolute Gasteiger partial charge is 0.453 e. The fourth-order valence-corrected chi connectivity index (χ4v) is 9.10. The quantitative estimate of drug-likeness (QED) is 0.0483. The van der Waals surface area contributed by atoms with Crippen LogP contribution in [0.4, 0.5) is 50.5 Å². The van der Waals surface area contributed by atoms with Crippen molar-refractivity contribution >= 4 is 29.8 Å². The number of likely N-dealkylation sites (tertiary alicyclic amines) is 1. The minimum Gasteiger partial charge on any atom is -0.453 e. The third kappa shape index (κ3) is 13.2. The van der Waals surface area contributed by atoms with Gasteiger partial charge in [0.1, 0.15) is 28.9 Å². The van der Waals surface area contributed by atoms with E-state index in [0.717, 1.165) is 64.8 Å². The van der Waals surface area contributed by atoms with Gasteiger partial charge in [-0.1, -0.05) is 24.0 Å². The van der Waals surface area contributed by atoms with Gasteiger partial charge in [-0.2, -0.15) is 26.3 Å². The molecule has 2 bridgehead atoms. The highest BCUT2D eigenvalue weighted by atomic mass is 19.4. The van der Waals surface area contributed by atoms with Crippen molar-refractivity contribution in [1.29, 1.82) is 0 Å². The number of aryl methyl sites for hydroxylation is 1. The van der Waals surface area contributed by atoms with Crippen molar-refractivity contribution < 1.29 is 78.0 Å². The first-order chi connectivity index (χ1) is 36.6. The Morgan fingerprint density at radius 1 is 0.846 bits per heavy atom. The number of methoxy groups -OCH3 is 1. The lowest BCUT2D eigenvalue weighted by atomic mass is 9.82. The number of piperazine rings is 1. The zero-order valence-electron chi connectivity index (χ0n) is 43.3. The van der Waals surface area contributed by atoms with Gasteiger partial charge in [-0.3, -0.25) is 19.9 Å². The number of anilines is 1. The summed E-state index contributed by atoms with van der Waals surface area (Å²) in [6, 6.07) is 8.52. The smallest absolute Gasteiger partial charge is 0.407 e. The number of benzene rings is 2. The molecule has 0 radical (unpaired) electrons. The first kappa shape index (κ1) is 58.5. The first-order valence-corrected chi connectivity index (χ1v) is 24.5. The summed E-state index contributed by atoms with van der Waals surface area (Å²) in [5, 5.41) is 26.1. The number of halogens is 8. The van der Waals surface area contributed by atoms with E-state index >= 15 is 8.78 Å². The fraction of sp³-hybridized carbons (Fsp3) is 0.510. The Labute approximate surface area is 442 Å². The SMILES string of the molecule is CNC(=O)O[C@H](C(=O)NN(Cc1c(F)cc(-c2nnc(C)o2)cc1F)C[C@H](O)[C@H](Cc1ccc(C#Cc2ccc(N3C[C@H]4C[C@@H]3CN4C3COC3)nc2)cc1)NC(=O)[C@@H](NC(=O)OC)C(C)(C)C(F)(F)F)C(C)(C)C(F)(F)F. The van der Waals surface area contributed by atoms with Gasteiger partial charge < -0.3 is 44.6 Å². The number of hydrazine groups is 1. The van der Waals surface area contributed by atoms with Crippen LogP contribution in [-0.2, 0) is 36.8 Å². The maximum absolute atomic E-state index is 16.0. The number of nitrogens with zero attached hydrogens (tertiary/aromatic N) is 6. The van der Waals surface area contributed by atoms with Crippen LogP contribution in [0.15, 0.2) is 59.1 Å². The Hall–Kier alpha value is -7.15.